The zero-order chi connectivity index (χ0) is 13.1. The van der Waals surface area contributed by atoms with Crippen LogP contribution in [0.25, 0.3) is 0 Å². The van der Waals surface area contributed by atoms with Crippen molar-refractivity contribution < 1.29 is 9.53 Å². The summed E-state index contributed by atoms with van der Waals surface area (Å²) in [4.78, 5) is 12.0. The number of benzene rings is 1. The van der Waals surface area contributed by atoms with E-state index in [-0.39, 0.29) is 10.5 Å². The van der Waals surface area contributed by atoms with E-state index in [1.807, 2.05) is 0 Å². The minimum absolute atomic E-state index is 0.0895. The van der Waals surface area contributed by atoms with Gasteiger partial charge in [-0.25, -0.2) is 0 Å². The molecule has 0 unspecified atom stereocenters. The first kappa shape index (κ1) is 14.4. The molecule has 0 saturated heterocycles. The lowest BCUT2D eigenvalue weighted by Gasteiger charge is -2.16. The normalized spacial score (nSPS) is 11.4. The molecule has 0 aliphatic heterocycles. The number of carbonyl (C=O) groups excluding carboxylic acids is 1. The molecule has 0 radical (unpaired) electrons. The Morgan fingerprint density at radius 2 is 2.06 bits per heavy atom. The molecular formula is C13H17ClO2S. The van der Waals surface area contributed by atoms with Crippen LogP contribution < -0.4 is 4.74 Å². The van der Waals surface area contributed by atoms with Gasteiger partial charge in [-0.15, -0.1) is 11.8 Å². The SMILES string of the molecule is COc1cc(C(=O)CSC(C)(C)C)ccc1Cl. The van der Waals surface area contributed by atoms with Crippen molar-refractivity contribution in [3.8, 4) is 5.75 Å². The maximum Gasteiger partial charge on any atom is 0.172 e. The minimum Gasteiger partial charge on any atom is -0.495 e. The zero-order valence-corrected chi connectivity index (χ0v) is 12.1. The number of carbonyl (C=O) groups is 1. The summed E-state index contributed by atoms with van der Waals surface area (Å²) in [6, 6.07) is 5.11. The van der Waals surface area contributed by atoms with Crippen LogP contribution in [0.2, 0.25) is 5.02 Å². The van der Waals surface area contributed by atoms with Gasteiger partial charge in [-0.1, -0.05) is 32.4 Å². The molecular weight excluding hydrogens is 256 g/mol. The molecule has 0 N–H and O–H groups in total. The summed E-state index contributed by atoms with van der Waals surface area (Å²) in [7, 11) is 1.54. The van der Waals surface area contributed by atoms with Crippen LogP contribution in [0, 0.1) is 0 Å². The van der Waals surface area contributed by atoms with E-state index in [4.69, 9.17) is 16.3 Å². The highest BCUT2D eigenvalue weighted by Crippen LogP contribution is 2.27. The third-order valence-electron chi connectivity index (χ3n) is 2.11. The predicted molar refractivity (Wildman–Crippen MR) is 74.5 cm³/mol. The lowest BCUT2D eigenvalue weighted by Crippen LogP contribution is -2.13. The van der Waals surface area contributed by atoms with Crippen molar-refractivity contribution in [1.29, 1.82) is 0 Å². The molecule has 0 atom stereocenters. The van der Waals surface area contributed by atoms with Crippen molar-refractivity contribution in [3.05, 3.63) is 28.8 Å². The van der Waals surface area contributed by atoms with Crippen molar-refractivity contribution in [1.82, 2.24) is 0 Å². The number of Topliss-reactive ketones (excluding diaryl/α,β-unsaturated/α-hetero) is 1. The summed E-state index contributed by atoms with van der Waals surface area (Å²) in [6.07, 6.45) is 0. The number of thioether (sulfide) groups is 1. The second-order valence-electron chi connectivity index (χ2n) is 4.67. The third-order valence-corrected chi connectivity index (χ3v) is 3.69. The Balaban J connectivity index is 2.76. The first-order chi connectivity index (χ1) is 7.83. The lowest BCUT2D eigenvalue weighted by atomic mass is 10.1. The first-order valence-corrected chi connectivity index (χ1v) is 6.70. The van der Waals surface area contributed by atoms with Gasteiger partial charge in [0.2, 0.25) is 0 Å². The standard InChI is InChI=1S/C13H17ClO2S/c1-13(2,3)17-8-11(15)9-5-6-10(14)12(7-9)16-4/h5-7H,8H2,1-4H3. The Morgan fingerprint density at radius 3 is 2.59 bits per heavy atom. The van der Waals surface area contributed by atoms with Crippen LogP contribution in [0.5, 0.6) is 5.75 Å². The van der Waals surface area contributed by atoms with Crippen molar-refractivity contribution in [2.75, 3.05) is 12.9 Å². The molecule has 0 spiro atoms. The first-order valence-electron chi connectivity index (χ1n) is 5.34. The van der Waals surface area contributed by atoms with E-state index in [0.717, 1.165) is 0 Å². The summed E-state index contributed by atoms with van der Waals surface area (Å²) in [5, 5.41) is 0.521. The maximum absolute atomic E-state index is 12.0. The Bertz CT molecular complexity index is 410. The fraction of sp³-hybridized carbons (Fsp3) is 0.462. The fourth-order valence-electron chi connectivity index (χ4n) is 1.20. The molecule has 1 rings (SSSR count). The van der Waals surface area contributed by atoms with Crippen molar-refractivity contribution in [2.24, 2.45) is 0 Å². The van der Waals surface area contributed by atoms with E-state index >= 15 is 0 Å². The highest BCUT2D eigenvalue weighted by Gasteiger charge is 2.15. The summed E-state index contributed by atoms with van der Waals surface area (Å²) < 4.78 is 5.18. The van der Waals surface area contributed by atoms with Gasteiger partial charge in [0.05, 0.1) is 17.9 Å². The predicted octanol–water partition coefficient (Wildman–Crippen LogP) is 4.06. The molecule has 0 amide bonds. The van der Waals surface area contributed by atoms with Crippen LogP contribution in [0.15, 0.2) is 18.2 Å². The maximum atomic E-state index is 12.0. The average Bonchev–Trinajstić information content (AvgIpc) is 2.25. The highest BCUT2D eigenvalue weighted by atomic mass is 35.5. The van der Waals surface area contributed by atoms with Crippen LogP contribution >= 0.6 is 23.4 Å². The van der Waals surface area contributed by atoms with Crippen LogP contribution in [-0.2, 0) is 0 Å². The molecule has 0 saturated carbocycles. The topological polar surface area (TPSA) is 26.3 Å². The third kappa shape index (κ3) is 4.60. The van der Waals surface area contributed by atoms with Crippen LogP contribution in [0.4, 0.5) is 0 Å². The van der Waals surface area contributed by atoms with Gasteiger partial charge >= 0.3 is 0 Å². The summed E-state index contributed by atoms with van der Waals surface area (Å²) in [5.41, 5.74) is 0.642. The molecule has 0 bridgehead atoms. The van der Waals surface area contributed by atoms with Gasteiger partial charge in [-0.3, -0.25) is 4.79 Å². The Kier molecular flexibility index (Phi) is 4.90. The number of hydrogen-bond donors (Lipinski definition) is 0. The number of rotatable bonds is 4. The van der Waals surface area contributed by atoms with E-state index in [2.05, 4.69) is 20.8 Å². The van der Waals surface area contributed by atoms with Gasteiger partial charge in [-0.2, -0.15) is 0 Å². The van der Waals surface area contributed by atoms with Gasteiger partial charge in [-0.05, 0) is 18.2 Å². The molecule has 0 heterocycles. The molecule has 0 fully saturated rings. The summed E-state index contributed by atoms with van der Waals surface area (Å²) >= 11 is 7.54. The van der Waals surface area contributed by atoms with E-state index in [0.29, 0.717) is 22.1 Å². The molecule has 0 aromatic heterocycles. The molecule has 17 heavy (non-hydrogen) atoms. The largest absolute Gasteiger partial charge is 0.495 e. The summed E-state index contributed by atoms with van der Waals surface area (Å²) in [5.74, 6) is 1.10. The van der Waals surface area contributed by atoms with E-state index in [1.165, 1.54) is 0 Å². The fourth-order valence-corrected chi connectivity index (χ4v) is 2.12. The Hall–Kier alpha value is -0.670. The van der Waals surface area contributed by atoms with E-state index < -0.39 is 0 Å². The van der Waals surface area contributed by atoms with Gasteiger partial charge < -0.3 is 4.74 Å². The van der Waals surface area contributed by atoms with Crippen LogP contribution in [0.3, 0.4) is 0 Å². The van der Waals surface area contributed by atoms with Crippen LogP contribution in [-0.4, -0.2) is 23.4 Å². The second-order valence-corrected chi connectivity index (χ2v) is 6.88. The second kappa shape index (κ2) is 5.78. The average molecular weight is 273 g/mol. The molecule has 94 valence electrons. The lowest BCUT2D eigenvalue weighted by molar-refractivity contribution is 0.102. The molecule has 4 heteroatoms. The van der Waals surface area contributed by atoms with Crippen molar-refractivity contribution >= 4 is 29.1 Å². The number of ether oxygens (including phenoxy) is 1. The molecule has 1 aromatic rings. The smallest absolute Gasteiger partial charge is 0.172 e. The zero-order valence-electron chi connectivity index (χ0n) is 10.5. The number of ketones is 1. The summed E-state index contributed by atoms with van der Waals surface area (Å²) in [6.45, 7) is 6.27. The van der Waals surface area contributed by atoms with Crippen molar-refractivity contribution in [3.63, 3.8) is 0 Å². The number of hydrogen-bond acceptors (Lipinski definition) is 3. The van der Waals surface area contributed by atoms with E-state index in [1.54, 1.807) is 37.1 Å². The van der Waals surface area contributed by atoms with Crippen molar-refractivity contribution in [2.45, 2.75) is 25.5 Å². The van der Waals surface area contributed by atoms with Gasteiger partial charge in [0.15, 0.2) is 5.78 Å². The van der Waals surface area contributed by atoms with Gasteiger partial charge in [0, 0.05) is 10.3 Å². The number of halogens is 1. The minimum atomic E-state index is 0.0895. The molecule has 1 aromatic carbocycles. The van der Waals surface area contributed by atoms with Crippen LogP contribution in [0.1, 0.15) is 31.1 Å². The monoisotopic (exact) mass is 272 g/mol. The molecule has 0 aliphatic rings. The highest BCUT2D eigenvalue weighted by molar-refractivity contribution is 8.01. The Morgan fingerprint density at radius 1 is 1.41 bits per heavy atom. The molecule has 2 nitrogen and oxygen atoms in total. The van der Waals surface area contributed by atoms with E-state index in [9.17, 15) is 4.79 Å². The van der Waals surface area contributed by atoms with Gasteiger partial charge in [0.25, 0.3) is 0 Å². The number of methoxy groups -OCH3 is 1. The van der Waals surface area contributed by atoms with Gasteiger partial charge in [0.1, 0.15) is 5.75 Å². The molecule has 0 aliphatic carbocycles. The quantitative estimate of drug-likeness (QED) is 0.773. The Labute approximate surface area is 112 Å².